The maximum Gasteiger partial charge on any atom is 0.248 e. The Labute approximate surface area is 82.1 Å². The van der Waals surface area contributed by atoms with Gasteiger partial charge in [0.1, 0.15) is 0 Å². The summed E-state index contributed by atoms with van der Waals surface area (Å²) in [7, 11) is 0. The Morgan fingerprint density at radius 2 is 2.00 bits per heavy atom. The Kier molecular flexibility index (Phi) is 2.41. The molecular formula is C7H6INO3. The van der Waals surface area contributed by atoms with Gasteiger partial charge in [0, 0.05) is 5.56 Å². The second-order valence-corrected chi connectivity index (χ2v) is 3.35. The molecule has 1 amide bonds. The number of primary amides is 1. The molecule has 0 bridgehead atoms. The SMILES string of the molecule is NC(=O)c1cc(O)c(O)c(I)c1. The van der Waals surface area contributed by atoms with E-state index in [4.69, 9.17) is 15.9 Å². The van der Waals surface area contributed by atoms with E-state index >= 15 is 0 Å². The molecule has 0 atom stereocenters. The summed E-state index contributed by atoms with van der Waals surface area (Å²) in [5, 5.41) is 18.2. The first-order valence-electron chi connectivity index (χ1n) is 3.03. The van der Waals surface area contributed by atoms with Crippen LogP contribution in [-0.4, -0.2) is 16.1 Å². The number of carbonyl (C=O) groups excluding carboxylic acids is 1. The molecule has 0 radical (unpaired) electrons. The van der Waals surface area contributed by atoms with Crippen molar-refractivity contribution in [3.8, 4) is 11.5 Å². The highest BCUT2D eigenvalue weighted by Crippen LogP contribution is 2.30. The van der Waals surface area contributed by atoms with Gasteiger partial charge in [0.15, 0.2) is 11.5 Å². The van der Waals surface area contributed by atoms with Crippen molar-refractivity contribution < 1.29 is 15.0 Å². The molecule has 0 aromatic heterocycles. The Balaban J connectivity index is 3.31. The molecule has 1 aromatic carbocycles. The third kappa shape index (κ3) is 1.60. The van der Waals surface area contributed by atoms with E-state index in [1.54, 1.807) is 22.6 Å². The van der Waals surface area contributed by atoms with E-state index in [9.17, 15) is 4.79 Å². The molecular weight excluding hydrogens is 273 g/mol. The van der Waals surface area contributed by atoms with Crippen molar-refractivity contribution >= 4 is 28.5 Å². The number of aromatic hydroxyl groups is 2. The first-order valence-corrected chi connectivity index (χ1v) is 4.11. The zero-order chi connectivity index (χ0) is 9.30. The summed E-state index contributed by atoms with van der Waals surface area (Å²) >= 11 is 1.79. The van der Waals surface area contributed by atoms with E-state index in [-0.39, 0.29) is 17.1 Å². The smallest absolute Gasteiger partial charge is 0.248 e. The van der Waals surface area contributed by atoms with Crippen LogP contribution in [0.4, 0.5) is 0 Å². The summed E-state index contributed by atoms with van der Waals surface area (Å²) in [6, 6.07) is 2.53. The van der Waals surface area contributed by atoms with Gasteiger partial charge in [-0.2, -0.15) is 0 Å². The number of amides is 1. The van der Waals surface area contributed by atoms with Crippen LogP contribution >= 0.6 is 22.6 Å². The van der Waals surface area contributed by atoms with Gasteiger partial charge in [0.2, 0.25) is 5.91 Å². The summed E-state index contributed by atoms with van der Waals surface area (Å²) in [4.78, 5) is 10.6. The molecule has 4 nitrogen and oxygen atoms in total. The highest BCUT2D eigenvalue weighted by Gasteiger charge is 2.09. The van der Waals surface area contributed by atoms with Crippen molar-refractivity contribution in [3.05, 3.63) is 21.3 Å². The first-order chi connectivity index (χ1) is 5.52. The van der Waals surface area contributed by atoms with E-state index in [0.717, 1.165) is 6.07 Å². The topological polar surface area (TPSA) is 83.6 Å². The Hall–Kier alpha value is -0.980. The van der Waals surface area contributed by atoms with Crippen molar-refractivity contribution in [3.63, 3.8) is 0 Å². The molecule has 0 aliphatic rings. The molecule has 1 rings (SSSR count). The molecule has 5 heteroatoms. The van der Waals surface area contributed by atoms with Crippen LogP contribution in [-0.2, 0) is 0 Å². The average Bonchev–Trinajstić information content (AvgIpc) is 1.99. The maximum atomic E-state index is 10.6. The lowest BCUT2D eigenvalue weighted by Gasteiger charge is -2.02. The molecule has 64 valence electrons. The second-order valence-electron chi connectivity index (χ2n) is 2.19. The largest absolute Gasteiger partial charge is 0.504 e. The molecule has 0 aliphatic heterocycles. The molecule has 12 heavy (non-hydrogen) atoms. The van der Waals surface area contributed by atoms with Crippen LogP contribution in [0.2, 0.25) is 0 Å². The van der Waals surface area contributed by atoms with Crippen molar-refractivity contribution in [2.75, 3.05) is 0 Å². The number of phenolic OH excluding ortho intramolecular Hbond substituents is 2. The van der Waals surface area contributed by atoms with Crippen molar-refractivity contribution in [2.24, 2.45) is 5.73 Å². The van der Waals surface area contributed by atoms with Gasteiger partial charge in [-0.3, -0.25) is 4.79 Å². The van der Waals surface area contributed by atoms with Crippen LogP contribution in [0.25, 0.3) is 0 Å². The molecule has 4 N–H and O–H groups in total. The van der Waals surface area contributed by atoms with Crippen LogP contribution in [0, 0.1) is 3.57 Å². The lowest BCUT2D eigenvalue weighted by atomic mass is 10.2. The molecule has 1 aromatic rings. The number of hydrogen-bond acceptors (Lipinski definition) is 3. The minimum absolute atomic E-state index is 0.176. The molecule has 0 unspecified atom stereocenters. The molecule has 0 aliphatic carbocycles. The van der Waals surface area contributed by atoms with Gasteiger partial charge in [-0.1, -0.05) is 0 Å². The molecule has 0 saturated carbocycles. The quantitative estimate of drug-likeness (QED) is 0.525. The molecule has 0 spiro atoms. The standard InChI is InChI=1S/C7H6INO3/c8-4-1-3(7(9)12)2-5(10)6(4)11/h1-2,10-11H,(H2,9,12). The monoisotopic (exact) mass is 279 g/mol. The van der Waals surface area contributed by atoms with Gasteiger partial charge in [0.25, 0.3) is 0 Å². The Morgan fingerprint density at radius 3 is 2.42 bits per heavy atom. The Morgan fingerprint density at radius 1 is 1.42 bits per heavy atom. The van der Waals surface area contributed by atoms with Crippen LogP contribution < -0.4 is 5.73 Å². The van der Waals surface area contributed by atoms with Gasteiger partial charge in [-0.05, 0) is 34.7 Å². The van der Waals surface area contributed by atoms with Crippen LogP contribution in [0.5, 0.6) is 11.5 Å². The van der Waals surface area contributed by atoms with Gasteiger partial charge in [-0.15, -0.1) is 0 Å². The summed E-state index contributed by atoms with van der Waals surface area (Å²) < 4.78 is 0.390. The van der Waals surface area contributed by atoms with Crippen LogP contribution in [0.15, 0.2) is 12.1 Å². The predicted octanol–water partition coefficient (Wildman–Crippen LogP) is 0.801. The normalized spacial score (nSPS) is 9.75. The molecule has 0 saturated heterocycles. The highest BCUT2D eigenvalue weighted by atomic mass is 127. The van der Waals surface area contributed by atoms with Crippen molar-refractivity contribution in [1.29, 1.82) is 0 Å². The predicted molar refractivity (Wildman–Crippen MR) is 51.0 cm³/mol. The Bertz CT molecular complexity index is 314. The second kappa shape index (κ2) is 3.18. The minimum atomic E-state index is -0.636. The first kappa shape index (κ1) is 9.11. The fraction of sp³-hybridized carbons (Fsp3) is 0. The van der Waals surface area contributed by atoms with E-state index in [1.807, 2.05) is 0 Å². The van der Waals surface area contributed by atoms with Gasteiger partial charge in [0.05, 0.1) is 3.57 Å². The summed E-state index contributed by atoms with van der Waals surface area (Å²) in [5.74, 6) is -1.21. The number of rotatable bonds is 1. The lowest BCUT2D eigenvalue weighted by Crippen LogP contribution is -2.10. The van der Waals surface area contributed by atoms with Gasteiger partial charge < -0.3 is 15.9 Å². The molecule has 0 heterocycles. The van der Waals surface area contributed by atoms with Gasteiger partial charge >= 0.3 is 0 Å². The van der Waals surface area contributed by atoms with Crippen molar-refractivity contribution in [1.82, 2.24) is 0 Å². The fourth-order valence-electron chi connectivity index (χ4n) is 0.727. The van der Waals surface area contributed by atoms with E-state index in [2.05, 4.69) is 0 Å². The van der Waals surface area contributed by atoms with E-state index < -0.39 is 5.91 Å². The van der Waals surface area contributed by atoms with E-state index in [0.29, 0.717) is 3.57 Å². The third-order valence-electron chi connectivity index (χ3n) is 1.33. The zero-order valence-electron chi connectivity index (χ0n) is 5.91. The number of phenols is 2. The highest BCUT2D eigenvalue weighted by molar-refractivity contribution is 14.1. The van der Waals surface area contributed by atoms with Crippen molar-refractivity contribution in [2.45, 2.75) is 0 Å². The van der Waals surface area contributed by atoms with E-state index in [1.165, 1.54) is 6.07 Å². The number of carbonyl (C=O) groups is 1. The fourth-order valence-corrected chi connectivity index (χ4v) is 1.34. The zero-order valence-corrected chi connectivity index (χ0v) is 8.07. The van der Waals surface area contributed by atoms with Crippen LogP contribution in [0.1, 0.15) is 10.4 Å². The number of hydrogen-bond donors (Lipinski definition) is 3. The summed E-state index contributed by atoms with van der Waals surface area (Å²) in [6.45, 7) is 0. The number of nitrogens with two attached hydrogens (primary N) is 1. The van der Waals surface area contributed by atoms with Crippen LogP contribution in [0.3, 0.4) is 0 Å². The summed E-state index contributed by atoms with van der Waals surface area (Å²) in [6.07, 6.45) is 0. The minimum Gasteiger partial charge on any atom is -0.504 e. The third-order valence-corrected chi connectivity index (χ3v) is 2.15. The number of benzene rings is 1. The lowest BCUT2D eigenvalue weighted by molar-refractivity contribution is 0.1000. The number of halogens is 1. The average molecular weight is 279 g/mol. The summed E-state index contributed by atoms with van der Waals surface area (Å²) in [5.41, 5.74) is 5.14. The maximum absolute atomic E-state index is 10.6. The van der Waals surface area contributed by atoms with Gasteiger partial charge in [-0.25, -0.2) is 0 Å². The molecule has 0 fully saturated rings.